The first-order valence-corrected chi connectivity index (χ1v) is 5.03. The highest BCUT2D eigenvalue weighted by Crippen LogP contribution is 1.96. The molecule has 2 rings (SSSR count). The van der Waals surface area contributed by atoms with E-state index in [1.54, 1.807) is 13.2 Å². The summed E-state index contributed by atoms with van der Waals surface area (Å²) in [5.74, 6) is -0.959. The molecule has 0 radical (unpaired) electrons. The number of nitrogens with two attached hydrogens (primary N) is 1. The van der Waals surface area contributed by atoms with Gasteiger partial charge in [0.1, 0.15) is 6.67 Å². The van der Waals surface area contributed by atoms with Crippen molar-refractivity contribution in [3.63, 3.8) is 0 Å². The Labute approximate surface area is 102 Å². The van der Waals surface area contributed by atoms with Crippen molar-refractivity contribution in [3.8, 4) is 0 Å². The van der Waals surface area contributed by atoms with Gasteiger partial charge in [-0.2, -0.15) is 5.10 Å². The maximum Gasteiger partial charge on any atom is 0.270 e. The molecule has 0 aromatic carbocycles. The summed E-state index contributed by atoms with van der Waals surface area (Å²) >= 11 is 0. The van der Waals surface area contributed by atoms with Gasteiger partial charge in [-0.1, -0.05) is 5.21 Å². The maximum atomic E-state index is 11.7. The lowest BCUT2D eigenvalue weighted by Gasteiger charge is -2.01. The molecule has 2 heterocycles. The van der Waals surface area contributed by atoms with Crippen molar-refractivity contribution in [3.05, 3.63) is 29.8 Å². The van der Waals surface area contributed by atoms with Crippen molar-refractivity contribution < 1.29 is 9.59 Å². The van der Waals surface area contributed by atoms with Gasteiger partial charge in [0.2, 0.25) is 0 Å². The Bertz CT molecular complexity index is 585. The van der Waals surface area contributed by atoms with E-state index in [2.05, 4.69) is 20.7 Å². The van der Waals surface area contributed by atoms with Gasteiger partial charge >= 0.3 is 0 Å². The summed E-state index contributed by atoms with van der Waals surface area (Å²) in [6, 6.07) is 0. The van der Waals surface area contributed by atoms with Crippen LogP contribution in [0.5, 0.6) is 0 Å². The molecule has 2 amide bonds. The molecule has 0 atom stereocenters. The van der Waals surface area contributed by atoms with Gasteiger partial charge in [-0.15, -0.1) is 5.10 Å². The average molecular weight is 249 g/mol. The number of hydrogen-bond donors (Lipinski definition) is 2. The summed E-state index contributed by atoms with van der Waals surface area (Å²) in [5, 5.41) is 13.7. The zero-order valence-corrected chi connectivity index (χ0v) is 9.57. The number of carbonyl (C=O) groups is 2. The molecular formula is C9H11N7O2. The summed E-state index contributed by atoms with van der Waals surface area (Å²) < 4.78 is 2.82. The number of amides is 2. The van der Waals surface area contributed by atoms with Gasteiger partial charge in [0, 0.05) is 13.2 Å². The molecule has 9 nitrogen and oxygen atoms in total. The van der Waals surface area contributed by atoms with Crippen LogP contribution in [0.15, 0.2) is 18.6 Å². The zero-order chi connectivity index (χ0) is 13.1. The fourth-order valence-corrected chi connectivity index (χ4v) is 1.28. The standard InChI is InChI=1S/C9H11N7O2/c1-15-3-6(2-12-15)9(18)11-5-16-4-7(8(10)17)13-14-16/h2-4H,5H2,1H3,(H2,10,17)(H,11,18). The molecule has 94 valence electrons. The minimum absolute atomic E-state index is 0.0469. The third-order valence-corrected chi connectivity index (χ3v) is 2.16. The Hall–Kier alpha value is -2.71. The van der Waals surface area contributed by atoms with Crippen LogP contribution in [0, 0.1) is 0 Å². The third kappa shape index (κ3) is 2.51. The van der Waals surface area contributed by atoms with Crippen LogP contribution in [0.4, 0.5) is 0 Å². The number of aryl methyl sites for hydroxylation is 1. The molecule has 0 unspecified atom stereocenters. The van der Waals surface area contributed by atoms with Crippen LogP contribution < -0.4 is 11.1 Å². The van der Waals surface area contributed by atoms with Crippen LogP contribution in [0.3, 0.4) is 0 Å². The van der Waals surface area contributed by atoms with Gasteiger partial charge in [0.05, 0.1) is 18.0 Å². The predicted molar refractivity (Wildman–Crippen MR) is 59.2 cm³/mol. The van der Waals surface area contributed by atoms with Crippen molar-refractivity contribution in [1.29, 1.82) is 0 Å². The minimum atomic E-state index is -0.667. The molecule has 18 heavy (non-hydrogen) atoms. The smallest absolute Gasteiger partial charge is 0.270 e. The molecule has 0 spiro atoms. The number of aromatic nitrogens is 5. The number of primary amides is 1. The fraction of sp³-hybridized carbons (Fsp3) is 0.222. The normalized spacial score (nSPS) is 10.3. The highest BCUT2D eigenvalue weighted by atomic mass is 16.2. The minimum Gasteiger partial charge on any atom is -0.364 e. The number of nitrogens with zero attached hydrogens (tertiary/aromatic N) is 5. The second-order valence-electron chi connectivity index (χ2n) is 3.57. The lowest BCUT2D eigenvalue weighted by atomic mass is 10.3. The van der Waals surface area contributed by atoms with Crippen molar-refractivity contribution >= 4 is 11.8 Å². The van der Waals surface area contributed by atoms with Crippen LogP contribution in [0.25, 0.3) is 0 Å². The third-order valence-electron chi connectivity index (χ3n) is 2.16. The van der Waals surface area contributed by atoms with Crippen molar-refractivity contribution in [1.82, 2.24) is 30.1 Å². The highest BCUT2D eigenvalue weighted by Gasteiger charge is 2.09. The molecule has 3 N–H and O–H groups in total. The van der Waals surface area contributed by atoms with Crippen molar-refractivity contribution in [2.24, 2.45) is 12.8 Å². The van der Waals surface area contributed by atoms with Gasteiger partial charge in [-0.25, -0.2) is 4.68 Å². The van der Waals surface area contributed by atoms with Gasteiger partial charge in [0.15, 0.2) is 5.69 Å². The zero-order valence-electron chi connectivity index (χ0n) is 9.57. The quantitative estimate of drug-likeness (QED) is 0.683. The molecule has 0 saturated heterocycles. The Morgan fingerprint density at radius 2 is 2.22 bits per heavy atom. The van der Waals surface area contributed by atoms with Gasteiger partial charge in [0.25, 0.3) is 11.8 Å². The van der Waals surface area contributed by atoms with Crippen molar-refractivity contribution in [2.75, 3.05) is 0 Å². The highest BCUT2D eigenvalue weighted by molar-refractivity contribution is 5.93. The van der Waals surface area contributed by atoms with Gasteiger partial charge < -0.3 is 11.1 Å². The van der Waals surface area contributed by atoms with Crippen LogP contribution in [-0.4, -0.2) is 36.6 Å². The lowest BCUT2D eigenvalue weighted by Crippen LogP contribution is -2.26. The number of carbonyl (C=O) groups excluding carboxylic acids is 2. The molecule has 9 heteroatoms. The van der Waals surface area contributed by atoms with E-state index >= 15 is 0 Å². The second kappa shape index (κ2) is 4.65. The number of nitrogens with one attached hydrogen (secondary N) is 1. The Balaban J connectivity index is 1.95. The lowest BCUT2D eigenvalue weighted by molar-refractivity contribution is 0.0939. The Morgan fingerprint density at radius 3 is 2.78 bits per heavy atom. The first-order chi connectivity index (χ1) is 8.56. The summed E-state index contributed by atoms with van der Waals surface area (Å²) in [4.78, 5) is 22.4. The molecule has 0 aliphatic rings. The van der Waals surface area contributed by atoms with E-state index in [0.717, 1.165) is 0 Å². The first-order valence-electron chi connectivity index (χ1n) is 5.03. The average Bonchev–Trinajstić information content (AvgIpc) is 2.94. The largest absolute Gasteiger partial charge is 0.364 e. The number of hydrogen-bond acceptors (Lipinski definition) is 5. The van der Waals surface area contributed by atoms with E-state index in [1.165, 1.54) is 21.8 Å². The van der Waals surface area contributed by atoms with E-state index in [1.807, 2.05) is 0 Å². The van der Waals surface area contributed by atoms with E-state index in [4.69, 9.17) is 5.73 Å². The molecular weight excluding hydrogens is 238 g/mol. The van der Waals surface area contributed by atoms with Crippen LogP contribution in [0.2, 0.25) is 0 Å². The van der Waals surface area contributed by atoms with Crippen LogP contribution >= 0.6 is 0 Å². The summed E-state index contributed by atoms with van der Waals surface area (Å²) in [7, 11) is 1.72. The first kappa shape index (κ1) is 11.8. The Morgan fingerprint density at radius 1 is 1.44 bits per heavy atom. The summed E-state index contributed by atoms with van der Waals surface area (Å²) in [6.07, 6.45) is 4.39. The van der Waals surface area contributed by atoms with E-state index in [0.29, 0.717) is 5.56 Å². The predicted octanol–water partition coefficient (Wildman–Crippen LogP) is -1.50. The second-order valence-corrected chi connectivity index (χ2v) is 3.57. The molecule has 0 fully saturated rings. The van der Waals surface area contributed by atoms with Gasteiger partial charge in [-0.05, 0) is 0 Å². The summed E-state index contributed by atoms with van der Waals surface area (Å²) in [6.45, 7) is 0.0913. The van der Waals surface area contributed by atoms with E-state index < -0.39 is 5.91 Å². The van der Waals surface area contributed by atoms with Crippen molar-refractivity contribution in [2.45, 2.75) is 6.67 Å². The van der Waals surface area contributed by atoms with E-state index in [-0.39, 0.29) is 18.3 Å². The van der Waals surface area contributed by atoms with Crippen LogP contribution in [0.1, 0.15) is 20.8 Å². The van der Waals surface area contributed by atoms with Gasteiger partial charge in [-0.3, -0.25) is 14.3 Å². The SMILES string of the molecule is Cn1cc(C(=O)NCn2cc(C(N)=O)nn2)cn1. The monoisotopic (exact) mass is 249 g/mol. The van der Waals surface area contributed by atoms with E-state index in [9.17, 15) is 9.59 Å². The molecule has 0 aliphatic heterocycles. The molecule has 0 bridgehead atoms. The number of rotatable bonds is 4. The topological polar surface area (TPSA) is 121 Å². The molecule has 2 aromatic rings. The maximum absolute atomic E-state index is 11.7. The molecule has 0 aliphatic carbocycles. The molecule has 2 aromatic heterocycles. The summed E-state index contributed by atoms with van der Waals surface area (Å²) in [5.41, 5.74) is 5.51. The fourth-order valence-electron chi connectivity index (χ4n) is 1.28. The van der Waals surface area contributed by atoms with Crippen LogP contribution in [-0.2, 0) is 13.7 Å². The molecule has 0 saturated carbocycles. The Kier molecular flexibility index (Phi) is 3.04.